The quantitative estimate of drug-likeness (QED) is 0.730. The van der Waals surface area contributed by atoms with Crippen molar-refractivity contribution in [3.63, 3.8) is 0 Å². The Morgan fingerprint density at radius 1 is 1.43 bits per heavy atom. The third-order valence-corrected chi connectivity index (χ3v) is 5.93. The Balaban J connectivity index is 1.54. The van der Waals surface area contributed by atoms with E-state index in [4.69, 9.17) is 9.26 Å². The van der Waals surface area contributed by atoms with Crippen LogP contribution < -0.4 is 0 Å². The first-order valence-corrected chi connectivity index (χ1v) is 9.79. The number of hydrogen-bond donors (Lipinski definition) is 0. The fourth-order valence-electron chi connectivity index (χ4n) is 4.46. The molecule has 2 bridgehead atoms. The number of aromatic nitrogens is 2. The van der Waals surface area contributed by atoms with E-state index < -0.39 is 17.4 Å². The number of hydrogen-bond acceptors (Lipinski definition) is 6. The number of carbonyl (C=O) groups excluding carboxylic acids is 2. The highest BCUT2D eigenvalue weighted by Crippen LogP contribution is 2.53. The number of nitrogens with zero attached hydrogens (tertiary/aromatic N) is 4. The van der Waals surface area contributed by atoms with Gasteiger partial charge in [0.25, 0.3) is 0 Å². The van der Waals surface area contributed by atoms with Gasteiger partial charge in [0.05, 0.1) is 31.0 Å². The monoisotopic (exact) mass is 388 g/mol. The molecule has 2 fully saturated rings. The van der Waals surface area contributed by atoms with Gasteiger partial charge in [-0.2, -0.15) is 4.98 Å². The molecule has 4 atom stereocenters. The molecule has 4 rings (SSSR count). The van der Waals surface area contributed by atoms with Crippen LogP contribution in [0.1, 0.15) is 52.3 Å². The van der Waals surface area contributed by atoms with Crippen LogP contribution in [0.2, 0.25) is 0 Å². The molecule has 2 saturated heterocycles. The second-order valence-corrected chi connectivity index (χ2v) is 9.39. The highest BCUT2D eigenvalue weighted by Gasteiger charge is 2.68. The molecule has 0 unspecified atom stereocenters. The third kappa shape index (κ3) is 2.77. The number of fused-ring (bicyclic) bond motifs is 1. The largest absolute Gasteiger partial charge is 0.360 e. The predicted molar refractivity (Wildman–Crippen MR) is 100 cm³/mol. The maximum atomic E-state index is 13.3. The average Bonchev–Trinajstić information content (AvgIpc) is 3.34. The van der Waals surface area contributed by atoms with Crippen molar-refractivity contribution in [2.45, 2.75) is 64.3 Å². The zero-order chi connectivity index (χ0) is 20.4. The van der Waals surface area contributed by atoms with Crippen LogP contribution in [0.15, 0.2) is 16.7 Å². The van der Waals surface area contributed by atoms with Gasteiger partial charge in [-0.05, 0) is 20.8 Å². The molecule has 3 aliphatic heterocycles. The molecule has 4 heterocycles. The highest BCUT2D eigenvalue weighted by atomic mass is 16.5. The Morgan fingerprint density at radius 3 is 2.75 bits per heavy atom. The van der Waals surface area contributed by atoms with Crippen molar-refractivity contribution in [3.05, 3.63) is 23.9 Å². The minimum atomic E-state index is -0.687. The zero-order valence-corrected chi connectivity index (χ0v) is 17.3. The second kappa shape index (κ2) is 6.14. The van der Waals surface area contributed by atoms with E-state index in [0.29, 0.717) is 18.3 Å². The molecule has 0 aliphatic carbocycles. The lowest BCUT2D eigenvalue weighted by atomic mass is 9.76. The van der Waals surface area contributed by atoms with Crippen LogP contribution in [-0.2, 0) is 20.9 Å². The van der Waals surface area contributed by atoms with Crippen molar-refractivity contribution in [2.24, 2.45) is 11.8 Å². The normalized spacial score (nSPS) is 31.2. The van der Waals surface area contributed by atoms with Gasteiger partial charge in [-0.25, -0.2) is 0 Å². The van der Waals surface area contributed by atoms with E-state index in [0.717, 1.165) is 0 Å². The van der Waals surface area contributed by atoms with Crippen molar-refractivity contribution >= 4 is 11.8 Å². The van der Waals surface area contributed by atoms with E-state index >= 15 is 0 Å². The average molecular weight is 388 g/mol. The van der Waals surface area contributed by atoms with Crippen molar-refractivity contribution in [2.75, 3.05) is 13.6 Å². The van der Waals surface area contributed by atoms with Crippen LogP contribution in [0.4, 0.5) is 0 Å². The van der Waals surface area contributed by atoms with Crippen LogP contribution in [0.5, 0.6) is 0 Å². The third-order valence-electron chi connectivity index (χ3n) is 5.93. The lowest BCUT2D eigenvalue weighted by molar-refractivity contribution is -0.144. The molecule has 0 N–H and O–H groups in total. The maximum absolute atomic E-state index is 13.3. The molecule has 1 aromatic rings. The molecule has 28 heavy (non-hydrogen) atoms. The Morgan fingerprint density at radius 2 is 2.14 bits per heavy atom. The molecular weight excluding hydrogens is 360 g/mol. The van der Waals surface area contributed by atoms with E-state index in [1.54, 1.807) is 11.9 Å². The van der Waals surface area contributed by atoms with Crippen LogP contribution in [0.3, 0.4) is 0 Å². The number of carbonyl (C=O) groups is 2. The van der Waals surface area contributed by atoms with Crippen LogP contribution in [0, 0.1) is 11.8 Å². The topological polar surface area (TPSA) is 88.8 Å². The molecule has 0 radical (unpaired) electrons. The summed E-state index contributed by atoms with van der Waals surface area (Å²) in [6.45, 7) is 10.7. The van der Waals surface area contributed by atoms with Crippen molar-refractivity contribution in [1.29, 1.82) is 0 Å². The SMILES string of the molecule is CC(C)c1nc(CN(C)C(=O)[C@@H]2[C@@H]3C=C[C@@]4(CN(C(C)(C)C)C(=O)[C@H]24)O3)no1. The van der Waals surface area contributed by atoms with E-state index in [2.05, 4.69) is 10.1 Å². The Kier molecular flexibility index (Phi) is 4.19. The van der Waals surface area contributed by atoms with Gasteiger partial charge in [-0.15, -0.1) is 0 Å². The number of likely N-dealkylation sites (tertiary alicyclic amines) is 1. The predicted octanol–water partition coefficient (Wildman–Crippen LogP) is 1.73. The first-order valence-electron chi connectivity index (χ1n) is 9.79. The minimum absolute atomic E-state index is 0.00671. The van der Waals surface area contributed by atoms with Gasteiger partial charge in [-0.1, -0.05) is 31.2 Å². The van der Waals surface area contributed by atoms with Crippen molar-refractivity contribution in [1.82, 2.24) is 19.9 Å². The second-order valence-electron chi connectivity index (χ2n) is 9.39. The van der Waals surface area contributed by atoms with Crippen LogP contribution in [-0.4, -0.2) is 62.6 Å². The van der Waals surface area contributed by atoms with Gasteiger partial charge < -0.3 is 19.1 Å². The standard InChI is InChI=1S/C20H28N4O4/c1-11(2)16-21-13(22-28-16)9-23(6)17(25)14-12-7-8-20(27-12)10-24(19(3,4)5)18(26)15(14)20/h7-8,11-12,14-15H,9-10H2,1-6H3/t12-,14+,15-,20-/m0/s1. The Labute approximate surface area is 164 Å². The number of amides is 2. The lowest BCUT2D eigenvalue weighted by Crippen LogP contribution is -2.47. The summed E-state index contributed by atoms with van der Waals surface area (Å²) in [7, 11) is 1.71. The summed E-state index contributed by atoms with van der Waals surface area (Å²) in [4.78, 5) is 34.2. The number of rotatable bonds is 4. The molecule has 1 spiro atoms. The molecule has 0 saturated carbocycles. The fraction of sp³-hybridized carbons (Fsp3) is 0.700. The maximum Gasteiger partial charge on any atom is 0.230 e. The van der Waals surface area contributed by atoms with Gasteiger partial charge >= 0.3 is 0 Å². The molecule has 1 aromatic heterocycles. The highest BCUT2D eigenvalue weighted by molar-refractivity contribution is 5.93. The molecular formula is C20H28N4O4. The molecule has 2 amide bonds. The van der Waals surface area contributed by atoms with Gasteiger partial charge in [0.15, 0.2) is 5.82 Å². The zero-order valence-electron chi connectivity index (χ0n) is 17.3. The summed E-state index contributed by atoms with van der Waals surface area (Å²) < 4.78 is 11.4. The summed E-state index contributed by atoms with van der Waals surface area (Å²) in [6.07, 6.45) is 3.55. The first kappa shape index (κ1) is 19.1. The first-order chi connectivity index (χ1) is 13.0. The molecule has 0 aromatic carbocycles. The smallest absolute Gasteiger partial charge is 0.230 e. The molecule has 3 aliphatic rings. The van der Waals surface area contributed by atoms with Crippen LogP contribution in [0.25, 0.3) is 0 Å². The van der Waals surface area contributed by atoms with Crippen LogP contribution >= 0.6 is 0 Å². The Bertz CT molecular complexity index is 840. The Hall–Kier alpha value is -2.22. The van der Waals surface area contributed by atoms with Crippen molar-refractivity contribution < 1.29 is 18.8 Å². The van der Waals surface area contributed by atoms with E-state index in [-0.39, 0.29) is 35.9 Å². The number of ether oxygens (including phenoxy) is 1. The molecule has 152 valence electrons. The van der Waals surface area contributed by atoms with Crippen molar-refractivity contribution in [3.8, 4) is 0 Å². The summed E-state index contributed by atoms with van der Waals surface area (Å²) >= 11 is 0. The van der Waals surface area contributed by atoms with E-state index in [9.17, 15) is 9.59 Å². The lowest BCUT2D eigenvalue weighted by Gasteiger charge is -2.34. The van der Waals surface area contributed by atoms with E-state index in [1.165, 1.54) is 0 Å². The summed E-state index contributed by atoms with van der Waals surface area (Å²) in [6, 6.07) is 0. The minimum Gasteiger partial charge on any atom is -0.360 e. The fourth-order valence-corrected chi connectivity index (χ4v) is 4.46. The summed E-state index contributed by atoms with van der Waals surface area (Å²) in [5.74, 6) is 0.00918. The van der Waals surface area contributed by atoms with Gasteiger partial charge in [0, 0.05) is 18.5 Å². The van der Waals surface area contributed by atoms with Gasteiger partial charge in [-0.3, -0.25) is 9.59 Å². The summed E-state index contributed by atoms with van der Waals surface area (Å²) in [5, 5.41) is 3.96. The van der Waals surface area contributed by atoms with Gasteiger partial charge in [0.2, 0.25) is 17.7 Å². The molecule has 8 heteroatoms. The van der Waals surface area contributed by atoms with Gasteiger partial charge in [0.1, 0.15) is 5.60 Å². The molecule has 8 nitrogen and oxygen atoms in total. The van der Waals surface area contributed by atoms with E-state index in [1.807, 2.05) is 51.7 Å². The summed E-state index contributed by atoms with van der Waals surface area (Å²) in [5.41, 5.74) is -1.00.